The maximum absolute atomic E-state index is 11.9. The Balaban J connectivity index is 2.44. The lowest BCUT2D eigenvalue weighted by Gasteiger charge is -2.23. The van der Waals surface area contributed by atoms with E-state index in [1.54, 1.807) is 20.0 Å². The smallest absolute Gasteiger partial charge is 0.317 e. The summed E-state index contributed by atoms with van der Waals surface area (Å²) in [6.45, 7) is 5.98. The lowest BCUT2D eigenvalue weighted by Crippen LogP contribution is -2.47. The topological polar surface area (TPSA) is 78.9 Å². The number of carboxylic acids is 1. The van der Waals surface area contributed by atoms with Crippen LogP contribution in [0.4, 0.5) is 4.79 Å². The van der Waals surface area contributed by atoms with Crippen LogP contribution in [0.2, 0.25) is 0 Å². The van der Waals surface area contributed by atoms with Crippen LogP contribution in [0.25, 0.3) is 0 Å². The molecular weight excluding hydrogens is 236 g/mol. The third-order valence-electron chi connectivity index (χ3n) is 2.99. The van der Waals surface area contributed by atoms with Crippen molar-refractivity contribution in [3.8, 4) is 0 Å². The minimum Gasteiger partial charge on any atom is -0.481 e. The third-order valence-corrected chi connectivity index (χ3v) is 2.99. The molecule has 0 aromatic carbocycles. The van der Waals surface area contributed by atoms with Gasteiger partial charge in [0.15, 0.2) is 0 Å². The van der Waals surface area contributed by atoms with Crippen molar-refractivity contribution in [3.05, 3.63) is 12.7 Å². The summed E-state index contributed by atoms with van der Waals surface area (Å²) >= 11 is 0. The van der Waals surface area contributed by atoms with Gasteiger partial charge in [-0.25, -0.2) is 4.79 Å². The van der Waals surface area contributed by atoms with E-state index in [-0.39, 0.29) is 24.7 Å². The molecule has 18 heavy (non-hydrogen) atoms. The number of carbonyl (C=O) groups excluding carboxylic acids is 1. The van der Waals surface area contributed by atoms with Crippen LogP contribution in [0.3, 0.4) is 0 Å². The van der Waals surface area contributed by atoms with Gasteiger partial charge in [-0.2, -0.15) is 0 Å². The summed E-state index contributed by atoms with van der Waals surface area (Å²) in [5.41, 5.74) is 0. The molecule has 0 aromatic heterocycles. The molecule has 0 saturated carbocycles. The molecule has 1 aliphatic rings. The molecule has 1 saturated heterocycles. The quantitative estimate of drug-likeness (QED) is 0.709. The summed E-state index contributed by atoms with van der Waals surface area (Å²) in [5.74, 6) is -1.50. The molecule has 0 bridgehead atoms. The van der Waals surface area contributed by atoms with Crippen molar-refractivity contribution in [2.45, 2.75) is 25.5 Å². The van der Waals surface area contributed by atoms with Gasteiger partial charge in [0, 0.05) is 20.2 Å². The molecule has 2 amide bonds. The van der Waals surface area contributed by atoms with E-state index in [1.165, 1.54) is 4.90 Å². The van der Waals surface area contributed by atoms with Crippen LogP contribution in [0.5, 0.6) is 0 Å². The molecule has 0 aliphatic carbocycles. The van der Waals surface area contributed by atoms with Crippen LogP contribution in [-0.4, -0.2) is 54.4 Å². The average Bonchev–Trinajstić information content (AvgIpc) is 2.75. The average molecular weight is 256 g/mol. The normalized spacial score (nSPS) is 24.3. The first-order chi connectivity index (χ1) is 8.45. The second-order valence-corrected chi connectivity index (χ2v) is 4.54. The summed E-state index contributed by atoms with van der Waals surface area (Å²) in [7, 11) is 1.58. The van der Waals surface area contributed by atoms with Gasteiger partial charge in [-0.05, 0) is 6.42 Å². The van der Waals surface area contributed by atoms with E-state index in [9.17, 15) is 9.59 Å². The van der Waals surface area contributed by atoms with Crippen LogP contribution in [-0.2, 0) is 9.53 Å². The predicted octanol–water partition coefficient (Wildman–Crippen LogP) is 0.692. The Morgan fingerprint density at radius 2 is 2.33 bits per heavy atom. The van der Waals surface area contributed by atoms with Crippen molar-refractivity contribution >= 4 is 12.0 Å². The van der Waals surface area contributed by atoms with Gasteiger partial charge in [-0.1, -0.05) is 13.0 Å². The number of nitrogens with one attached hydrogen (secondary N) is 1. The molecular formula is C12H20N2O4. The molecule has 6 heteroatoms. The Hall–Kier alpha value is -1.56. The van der Waals surface area contributed by atoms with E-state index in [2.05, 4.69) is 11.9 Å². The van der Waals surface area contributed by atoms with E-state index >= 15 is 0 Å². The highest BCUT2D eigenvalue weighted by molar-refractivity contribution is 5.76. The van der Waals surface area contributed by atoms with E-state index in [1.807, 2.05) is 0 Å². The molecule has 6 nitrogen and oxygen atoms in total. The number of ether oxygens (including phenoxy) is 1. The summed E-state index contributed by atoms with van der Waals surface area (Å²) in [6, 6.07) is -0.372. The Labute approximate surface area is 107 Å². The molecule has 0 radical (unpaired) electrons. The summed E-state index contributed by atoms with van der Waals surface area (Å²) in [4.78, 5) is 23.9. The van der Waals surface area contributed by atoms with Crippen molar-refractivity contribution in [2.24, 2.45) is 5.92 Å². The summed E-state index contributed by atoms with van der Waals surface area (Å²) in [5, 5.41) is 11.6. The van der Waals surface area contributed by atoms with Crippen LogP contribution < -0.4 is 5.32 Å². The van der Waals surface area contributed by atoms with Crippen molar-refractivity contribution in [1.82, 2.24) is 10.2 Å². The number of carbonyl (C=O) groups is 2. The molecule has 2 N–H and O–H groups in total. The van der Waals surface area contributed by atoms with Gasteiger partial charge in [0.1, 0.15) is 0 Å². The number of carboxylic acid groups (broad SMARTS) is 1. The van der Waals surface area contributed by atoms with Gasteiger partial charge in [0.05, 0.1) is 18.1 Å². The Morgan fingerprint density at radius 1 is 1.67 bits per heavy atom. The van der Waals surface area contributed by atoms with E-state index in [0.717, 1.165) is 6.42 Å². The van der Waals surface area contributed by atoms with E-state index in [0.29, 0.717) is 6.61 Å². The predicted molar refractivity (Wildman–Crippen MR) is 66.3 cm³/mol. The maximum Gasteiger partial charge on any atom is 0.317 e. The molecule has 102 valence electrons. The number of hydrogen-bond donors (Lipinski definition) is 2. The van der Waals surface area contributed by atoms with Crippen molar-refractivity contribution in [2.75, 3.05) is 20.2 Å². The second-order valence-electron chi connectivity index (χ2n) is 4.54. The van der Waals surface area contributed by atoms with Gasteiger partial charge < -0.3 is 20.1 Å². The highest BCUT2D eigenvalue weighted by Crippen LogP contribution is 2.14. The first-order valence-electron chi connectivity index (χ1n) is 5.94. The molecule has 0 aromatic rings. The minimum atomic E-state index is -0.914. The molecule has 1 aliphatic heterocycles. The Morgan fingerprint density at radius 3 is 2.89 bits per heavy atom. The molecule has 1 heterocycles. The van der Waals surface area contributed by atoms with Gasteiger partial charge in [0.2, 0.25) is 0 Å². The maximum atomic E-state index is 11.9. The van der Waals surface area contributed by atoms with Crippen molar-refractivity contribution in [3.63, 3.8) is 0 Å². The summed E-state index contributed by atoms with van der Waals surface area (Å²) in [6.07, 6.45) is 2.24. The zero-order chi connectivity index (χ0) is 13.7. The van der Waals surface area contributed by atoms with Gasteiger partial charge in [-0.15, -0.1) is 6.58 Å². The Kier molecular flexibility index (Phi) is 5.15. The van der Waals surface area contributed by atoms with E-state index in [4.69, 9.17) is 9.84 Å². The number of nitrogens with zero attached hydrogens (tertiary/aromatic N) is 1. The fourth-order valence-electron chi connectivity index (χ4n) is 1.84. The fraction of sp³-hybridized carbons (Fsp3) is 0.667. The number of rotatable bonds is 5. The van der Waals surface area contributed by atoms with Gasteiger partial charge in [0.25, 0.3) is 0 Å². The highest BCUT2D eigenvalue weighted by atomic mass is 16.5. The van der Waals surface area contributed by atoms with Crippen LogP contribution in [0, 0.1) is 5.92 Å². The number of urea groups is 1. The van der Waals surface area contributed by atoms with E-state index < -0.39 is 11.9 Å². The molecule has 1 fully saturated rings. The number of aliphatic carboxylic acids is 1. The second kappa shape index (κ2) is 6.39. The zero-order valence-corrected chi connectivity index (χ0v) is 10.8. The fourth-order valence-corrected chi connectivity index (χ4v) is 1.84. The van der Waals surface area contributed by atoms with Crippen LogP contribution in [0.15, 0.2) is 12.7 Å². The summed E-state index contributed by atoms with van der Waals surface area (Å²) < 4.78 is 5.37. The van der Waals surface area contributed by atoms with Crippen LogP contribution >= 0.6 is 0 Å². The lowest BCUT2D eigenvalue weighted by atomic mass is 10.1. The lowest BCUT2D eigenvalue weighted by molar-refractivity contribution is -0.141. The molecule has 1 rings (SSSR count). The Bertz CT molecular complexity index is 332. The number of hydrogen-bond acceptors (Lipinski definition) is 3. The van der Waals surface area contributed by atoms with Crippen molar-refractivity contribution in [1.29, 1.82) is 0 Å². The molecule has 1 unspecified atom stereocenters. The number of amides is 2. The first kappa shape index (κ1) is 14.5. The first-order valence-corrected chi connectivity index (χ1v) is 5.94. The largest absolute Gasteiger partial charge is 0.481 e. The molecule has 3 atom stereocenters. The van der Waals surface area contributed by atoms with Crippen LogP contribution in [0.1, 0.15) is 13.3 Å². The minimum absolute atomic E-state index is 0.0856. The van der Waals surface area contributed by atoms with Gasteiger partial charge in [-0.3, -0.25) is 4.79 Å². The monoisotopic (exact) mass is 256 g/mol. The SMILES string of the molecule is C=C[C@@H]1OCC[C@H]1NC(=O)N(C)CC(C)C(=O)O. The third kappa shape index (κ3) is 3.73. The zero-order valence-electron chi connectivity index (χ0n) is 10.8. The molecule has 0 spiro atoms. The van der Waals surface area contributed by atoms with Gasteiger partial charge >= 0.3 is 12.0 Å². The van der Waals surface area contributed by atoms with Crippen molar-refractivity contribution < 1.29 is 19.4 Å². The standard InChI is InChI=1S/C12H20N2O4/c1-4-10-9(5-6-18-10)13-12(17)14(3)7-8(2)11(15)16/h4,8-10H,1,5-7H2,2-3H3,(H,13,17)(H,15,16)/t8?,9-,10+/m1/s1. The highest BCUT2D eigenvalue weighted by Gasteiger charge is 2.28.